The topological polar surface area (TPSA) is 87.7 Å². The summed E-state index contributed by atoms with van der Waals surface area (Å²) in [5.74, 6) is -3.23. The number of fused-ring (bicyclic) bond motifs is 3. The van der Waals surface area contributed by atoms with Gasteiger partial charge < -0.3 is 20.3 Å². The number of anilines is 3. The van der Waals surface area contributed by atoms with E-state index in [-0.39, 0.29) is 23.2 Å². The Morgan fingerprint density at radius 3 is 2.83 bits per heavy atom. The fraction of sp³-hybridized carbons (Fsp3) is 0.286. The fourth-order valence-electron chi connectivity index (χ4n) is 3.67. The quantitative estimate of drug-likeness (QED) is 0.750. The zero-order chi connectivity index (χ0) is 21.4. The molecule has 2 amide bonds. The van der Waals surface area contributed by atoms with E-state index in [1.54, 1.807) is 12.1 Å². The second kappa shape index (κ2) is 7.74. The molecular formula is C21H19F2N3O4. The summed E-state index contributed by atoms with van der Waals surface area (Å²) in [6.07, 6.45) is 0.446. The van der Waals surface area contributed by atoms with E-state index in [2.05, 4.69) is 10.6 Å². The van der Waals surface area contributed by atoms with Gasteiger partial charge in [0.05, 0.1) is 22.6 Å². The number of rotatable bonds is 4. The summed E-state index contributed by atoms with van der Waals surface area (Å²) in [6, 6.07) is 7.24. The number of hydrogen-bond acceptors (Lipinski definition) is 5. The summed E-state index contributed by atoms with van der Waals surface area (Å²) in [5.41, 5.74) is 1.15. The molecule has 0 spiro atoms. The Morgan fingerprint density at radius 2 is 2.03 bits per heavy atom. The zero-order valence-corrected chi connectivity index (χ0v) is 16.1. The van der Waals surface area contributed by atoms with Crippen LogP contribution in [0.15, 0.2) is 36.4 Å². The van der Waals surface area contributed by atoms with Crippen LogP contribution in [0, 0.1) is 11.6 Å². The molecule has 0 unspecified atom stereocenters. The van der Waals surface area contributed by atoms with Crippen molar-refractivity contribution in [1.29, 1.82) is 0 Å². The minimum atomic E-state index is -1.26. The van der Waals surface area contributed by atoms with Gasteiger partial charge in [0, 0.05) is 12.6 Å². The van der Waals surface area contributed by atoms with Gasteiger partial charge in [0.25, 0.3) is 5.91 Å². The van der Waals surface area contributed by atoms with Crippen molar-refractivity contribution < 1.29 is 27.9 Å². The molecule has 2 aromatic rings. The van der Waals surface area contributed by atoms with Crippen molar-refractivity contribution in [2.24, 2.45) is 0 Å². The van der Waals surface area contributed by atoms with E-state index in [4.69, 9.17) is 4.74 Å². The number of amides is 2. The van der Waals surface area contributed by atoms with Crippen molar-refractivity contribution in [1.82, 2.24) is 0 Å². The third-order valence-electron chi connectivity index (χ3n) is 5.19. The molecule has 0 saturated carbocycles. The third kappa shape index (κ3) is 3.70. The maximum Gasteiger partial charge on any atom is 0.338 e. The second-order valence-corrected chi connectivity index (χ2v) is 7.23. The number of ether oxygens (including phenoxy) is 1. The Morgan fingerprint density at radius 1 is 1.23 bits per heavy atom. The predicted octanol–water partition coefficient (Wildman–Crippen LogP) is 3.07. The number of nitrogens with one attached hydrogen (secondary N) is 2. The molecule has 7 nitrogen and oxygen atoms in total. The SMILES string of the molecule is C[C@@H](OC(=O)c1ccc2c(c1)NC(=O)[C@@H]1CCCN21)C(=O)Nc1cc(F)ccc1F. The maximum absolute atomic E-state index is 13.7. The van der Waals surface area contributed by atoms with Crippen molar-refractivity contribution in [2.75, 3.05) is 22.1 Å². The average molecular weight is 415 g/mol. The van der Waals surface area contributed by atoms with Crippen LogP contribution in [0.1, 0.15) is 30.1 Å². The van der Waals surface area contributed by atoms with Gasteiger partial charge in [0.2, 0.25) is 5.91 Å². The fourth-order valence-corrected chi connectivity index (χ4v) is 3.67. The Kier molecular flexibility index (Phi) is 5.11. The van der Waals surface area contributed by atoms with Crippen LogP contribution in [0.2, 0.25) is 0 Å². The summed E-state index contributed by atoms with van der Waals surface area (Å²) < 4.78 is 32.1. The van der Waals surface area contributed by atoms with Crippen molar-refractivity contribution in [3.63, 3.8) is 0 Å². The molecule has 2 aliphatic heterocycles. The Bertz CT molecular complexity index is 1040. The molecule has 30 heavy (non-hydrogen) atoms. The van der Waals surface area contributed by atoms with Gasteiger partial charge in [-0.1, -0.05) is 0 Å². The highest BCUT2D eigenvalue weighted by Gasteiger charge is 2.36. The van der Waals surface area contributed by atoms with Crippen LogP contribution in [-0.4, -0.2) is 36.5 Å². The van der Waals surface area contributed by atoms with Crippen LogP contribution in [0.25, 0.3) is 0 Å². The molecule has 0 radical (unpaired) electrons. The van der Waals surface area contributed by atoms with E-state index >= 15 is 0 Å². The van der Waals surface area contributed by atoms with Gasteiger partial charge in [-0.15, -0.1) is 0 Å². The molecule has 156 valence electrons. The molecule has 2 aromatic carbocycles. The zero-order valence-electron chi connectivity index (χ0n) is 16.1. The minimum absolute atomic E-state index is 0.115. The first kappa shape index (κ1) is 19.8. The normalized spacial score (nSPS) is 18.2. The lowest BCUT2D eigenvalue weighted by Crippen LogP contribution is -2.43. The lowest BCUT2D eigenvalue weighted by molar-refractivity contribution is -0.123. The largest absolute Gasteiger partial charge is 0.449 e. The molecular weight excluding hydrogens is 396 g/mol. The third-order valence-corrected chi connectivity index (χ3v) is 5.19. The molecule has 2 heterocycles. The smallest absolute Gasteiger partial charge is 0.338 e. The van der Waals surface area contributed by atoms with E-state index in [1.807, 2.05) is 4.90 Å². The molecule has 0 aromatic heterocycles. The maximum atomic E-state index is 13.7. The number of carbonyl (C=O) groups excluding carboxylic acids is 3. The van der Waals surface area contributed by atoms with Crippen LogP contribution < -0.4 is 15.5 Å². The van der Waals surface area contributed by atoms with Crippen molar-refractivity contribution in [3.8, 4) is 0 Å². The van der Waals surface area contributed by atoms with Crippen LogP contribution in [0.4, 0.5) is 25.8 Å². The lowest BCUT2D eigenvalue weighted by atomic mass is 10.1. The van der Waals surface area contributed by atoms with Gasteiger partial charge in [-0.2, -0.15) is 0 Å². The Hall–Kier alpha value is -3.49. The molecule has 9 heteroatoms. The summed E-state index contributed by atoms with van der Waals surface area (Å²) in [7, 11) is 0. The van der Waals surface area contributed by atoms with Crippen LogP contribution >= 0.6 is 0 Å². The Balaban J connectivity index is 1.45. The number of benzene rings is 2. The molecule has 1 saturated heterocycles. The van der Waals surface area contributed by atoms with Crippen LogP contribution in [0.3, 0.4) is 0 Å². The summed E-state index contributed by atoms with van der Waals surface area (Å²) in [4.78, 5) is 38.9. The highest BCUT2D eigenvalue weighted by atomic mass is 19.1. The number of esters is 1. The van der Waals surface area contributed by atoms with E-state index in [1.165, 1.54) is 13.0 Å². The van der Waals surface area contributed by atoms with Gasteiger partial charge in [0.1, 0.15) is 17.7 Å². The predicted molar refractivity (Wildman–Crippen MR) is 105 cm³/mol. The summed E-state index contributed by atoms with van der Waals surface area (Å²) in [5, 5.41) is 5.00. The highest BCUT2D eigenvalue weighted by Crippen LogP contribution is 2.37. The van der Waals surface area contributed by atoms with Crippen LogP contribution in [-0.2, 0) is 14.3 Å². The molecule has 2 N–H and O–H groups in total. The molecule has 4 rings (SSSR count). The van der Waals surface area contributed by atoms with Gasteiger partial charge in [-0.05, 0) is 50.1 Å². The van der Waals surface area contributed by atoms with Gasteiger partial charge in [-0.3, -0.25) is 9.59 Å². The number of hydrogen-bond donors (Lipinski definition) is 2. The minimum Gasteiger partial charge on any atom is -0.449 e. The molecule has 2 aliphatic rings. The second-order valence-electron chi connectivity index (χ2n) is 7.23. The standard InChI is InChI=1S/C21H19F2N3O4/c1-11(19(27)24-15-10-13(22)5-6-14(15)23)30-21(29)12-4-7-17-16(9-12)25-20(28)18-3-2-8-26(17)18/h4-7,9-11,18H,2-3,8H2,1H3,(H,24,27)(H,25,28)/t11-,18+/m1/s1. The molecule has 0 aliphatic carbocycles. The first-order chi connectivity index (χ1) is 14.3. The highest BCUT2D eigenvalue weighted by molar-refractivity contribution is 6.05. The number of carbonyl (C=O) groups is 3. The van der Waals surface area contributed by atoms with Crippen molar-refractivity contribution in [3.05, 3.63) is 53.6 Å². The monoisotopic (exact) mass is 415 g/mol. The van der Waals surface area contributed by atoms with Gasteiger partial charge in [-0.25, -0.2) is 13.6 Å². The molecule has 0 bridgehead atoms. The van der Waals surface area contributed by atoms with E-state index < -0.39 is 29.6 Å². The molecule has 2 atom stereocenters. The van der Waals surface area contributed by atoms with Crippen molar-refractivity contribution in [2.45, 2.75) is 31.9 Å². The van der Waals surface area contributed by atoms with E-state index in [0.717, 1.165) is 43.3 Å². The average Bonchev–Trinajstić information content (AvgIpc) is 3.21. The first-order valence-electron chi connectivity index (χ1n) is 9.52. The van der Waals surface area contributed by atoms with E-state index in [0.29, 0.717) is 5.69 Å². The lowest BCUT2D eigenvalue weighted by Gasteiger charge is -2.33. The number of halogens is 2. The van der Waals surface area contributed by atoms with Crippen molar-refractivity contribution >= 4 is 34.8 Å². The summed E-state index contributed by atoms with van der Waals surface area (Å²) in [6.45, 7) is 2.09. The Labute approximate surface area is 171 Å². The summed E-state index contributed by atoms with van der Waals surface area (Å²) >= 11 is 0. The van der Waals surface area contributed by atoms with Crippen LogP contribution in [0.5, 0.6) is 0 Å². The first-order valence-corrected chi connectivity index (χ1v) is 9.52. The number of nitrogens with zero attached hydrogens (tertiary/aromatic N) is 1. The van der Waals surface area contributed by atoms with Gasteiger partial charge in [0.15, 0.2) is 6.10 Å². The van der Waals surface area contributed by atoms with E-state index in [9.17, 15) is 23.2 Å². The molecule has 1 fully saturated rings. The van der Waals surface area contributed by atoms with Gasteiger partial charge >= 0.3 is 5.97 Å².